The molecule has 0 saturated carbocycles. The third kappa shape index (κ3) is 5.03. The van der Waals surface area contributed by atoms with Crippen LogP contribution in [0.25, 0.3) is 0 Å². The normalized spacial score (nSPS) is 10.0. The first-order valence-corrected chi connectivity index (χ1v) is 2.75. The van der Waals surface area contributed by atoms with Crippen molar-refractivity contribution >= 4 is 5.97 Å². The molecule has 0 atom stereocenters. The first-order chi connectivity index (χ1) is 4.31. The lowest BCUT2D eigenvalue weighted by Crippen LogP contribution is -2.14. The van der Waals surface area contributed by atoms with Crippen LogP contribution in [0.2, 0.25) is 0 Å². The van der Waals surface area contributed by atoms with Crippen LogP contribution in [0, 0.1) is 0 Å². The van der Waals surface area contributed by atoms with Crippen LogP contribution < -0.4 is 5.32 Å². The molecular formula is C6H11NO2. The Morgan fingerprint density at radius 1 is 1.78 bits per heavy atom. The Kier molecular flexibility index (Phi) is 4.82. The third-order valence-electron chi connectivity index (χ3n) is 0.662. The molecule has 52 valence electrons. The molecule has 0 aromatic heterocycles. The van der Waals surface area contributed by atoms with Gasteiger partial charge in [-0.15, -0.1) is 0 Å². The molecule has 9 heavy (non-hydrogen) atoms. The fourth-order valence-electron chi connectivity index (χ4n) is 0.327. The number of hydrogen-bond donors (Lipinski definition) is 1. The SMILES string of the molecule is C/C=C/C(=O)OCNC. The van der Waals surface area contributed by atoms with E-state index >= 15 is 0 Å². The first kappa shape index (κ1) is 8.17. The maximum Gasteiger partial charge on any atom is 0.331 e. The minimum absolute atomic E-state index is 0.267. The number of allylic oxidation sites excluding steroid dienone is 1. The summed E-state index contributed by atoms with van der Waals surface area (Å²) in [6.45, 7) is 2.03. The standard InChI is InChI=1S/C6H11NO2/c1-3-4-6(8)9-5-7-2/h3-4,7H,5H2,1-2H3/b4-3+. The molecule has 0 radical (unpaired) electrons. The Morgan fingerprint density at radius 2 is 2.44 bits per heavy atom. The van der Waals surface area contributed by atoms with Crippen molar-refractivity contribution in [3.8, 4) is 0 Å². The van der Waals surface area contributed by atoms with Crippen molar-refractivity contribution in [2.45, 2.75) is 6.92 Å². The van der Waals surface area contributed by atoms with Gasteiger partial charge >= 0.3 is 5.97 Å². The van der Waals surface area contributed by atoms with Gasteiger partial charge in [-0.25, -0.2) is 4.79 Å². The molecule has 0 fully saturated rings. The number of carbonyl (C=O) groups excluding carboxylic acids is 1. The largest absolute Gasteiger partial charge is 0.447 e. The van der Waals surface area contributed by atoms with Crippen molar-refractivity contribution in [2.24, 2.45) is 0 Å². The molecule has 0 aliphatic heterocycles. The third-order valence-corrected chi connectivity index (χ3v) is 0.662. The van der Waals surface area contributed by atoms with E-state index in [2.05, 4.69) is 10.1 Å². The average molecular weight is 129 g/mol. The Labute approximate surface area is 54.7 Å². The van der Waals surface area contributed by atoms with E-state index in [1.165, 1.54) is 6.08 Å². The quantitative estimate of drug-likeness (QED) is 0.338. The lowest BCUT2D eigenvalue weighted by atomic mass is 10.5. The van der Waals surface area contributed by atoms with E-state index in [0.717, 1.165) is 0 Å². The summed E-state index contributed by atoms with van der Waals surface area (Å²) < 4.78 is 4.59. The summed E-state index contributed by atoms with van der Waals surface area (Å²) >= 11 is 0. The second kappa shape index (κ2) is 5.31. The summed E-state index contributed by atoms with van der Waals surface area (Å²) in [6, 6.07) is 0. The van der Waals surface area contributed by atoms with E-state index in [1.807, 2.05) is 0 Å². The van der Waals surface area contributed by atoms with Crippen molar-refractivity contribution in [1.82, 2.24) is 5.32 Å². The van der Waals surface area contributed by atoms with Gasteiger partial charge in [-0.3, -0.25) is 5.32 Å². The first-order valence-electron chi connectivity index (χ1n) is 2.75. The predicted molar refractivity (Wildman–Crippen MR) is 34.8 cm³/mol. The zero-order valence-corrected chi connectivity index (χ0v) is 5.68. The number of rotatable bonds is 3. The maximum atomic E-state index is 10.5. The summed E-state index contributed by atoms with van der Waals surface area (Å²) in [6.07, 6.45) is 3.01. The Bertz CT molecular complexity index is 110. The fraction of sp³-hybridized carbons (Fsp3) is 0.500. The van der Waals surface area contributed by atoms with Gasteiger partial charge in [0.2, 0.25) is 0 Å². The van der Waals surface area contributed by atoms with Crippen LogP contribution in [-0.2, 0) is 9.53 Å². The molecule has 0 spiro atoms. The molecule has 0 aliphatic carbocycles. The second-order valence-corrected chi connectivity index (χ2v) is 1.46. The van der Waals surface area contributed by atoms with E-state index in [1.54, 1.807) is 20.0 Å². The van der Waals surface area contributed by atoms with Crippen LogP contribution in [0.1, 0.15) is 6.92 Å². The van der Waals surface area contributed by atoms with Crippen LogP contribution >= 0.6 is 0 Å². The molecule has 0 heterocycles. The molecule has 0 aromatic carbocycles. The lowest BCUT2D eigenvalue weighted by molar-refractivity contribution is -0.138. The zero-order valence-electron chi connectivity index (χ0n) is 5.68. The average Bonchev–Trinajstić information content (AvgIpc) is 1.85. The molecule has 0 rings (SSSR count). The molecule has 0 unspecified atom stereocenters. The van der Waals surface area contributed by atoms with Crippen LogP contribution in [0.3, 0.4) is 0 Å². The highest BCUT2D eigenvalue weighted by Gasteiger charge is 1.90. The lowest BCUT2D eigenvalue weighted by Gasteiger charge is -1.97. The van der Waals surface area contributed by atoms with Gasteiger partial charge in [0.25, 0.3) is 0 Å². The van der Waals surface area contributed by atoms with Crippen LogP contribution in [0.15, 0.2) is 12.2 Å². The summed E-state index contributed by atoms with van der Waals surface area (Å²) in [4.78, 5) is 10.5. The van der Waals surface area contributed by atoms with Gasteiger partial charge in [-0.2, -0.15) is 0 Å². The Morgan fingerprint density at radius 3 is 2.89 bits per heavy atom. The van der Waals surface area contributed by atoms with Crippen molar-refractivity contribution in [2.75, 3.05) is 13.8 Å². The van der Waals surface area contributed by atoms with Crippen molar-refractivity contribution in [1.29, 1.82) is 0 Å². The summed E-state index contributed by atoms with van der Waals surface area (Å²) in [5, 5.41) is 2.68. The van der Waals surface area contributed by atoms with Gasteiger partial charge in [0.1, 0.15) is 6.73 Å². The van der Waals surface area contributed by atoms with Crippen LogP contribution in [-0.4, -0.2) is 19.7 Å². The van der Waals surface area contributed by atoms with E-state index < -0.39 is 0 Å². The van der Waals surface area contributed by atoms with Gasteiger partial charge < -0.3 is 4.74 Å². The summed E-state index contributed by atoms with van der Waals surface area (Å²) in [5.41, 5.74) is 0. The zero-order chi connectivity index (χ0) is 7.11. The number of esters is 1. The van der Waals surface area contributed by atoms with E-state index in [4.69, 9.17) is 0 Å². The minimum Gasteiger partial charge on any atom is -0.447 e. The number of carbonyl (C=O) groups is 1. The summed E-state index contributed by atoms with van der Waals surface area (Å²) in [7, 11) is 1.71. The number of hydrogen-bond acceptors (Lipinski definition) is 3. The molecule has 0 aromatic rings. The van der Waals surface area contributed by atoms with Crippen molar-refractivity contribution < 1.29 is 9.53 Å². The smallest absolute Gasteiger partial charge is 0.331 e. The number of ether oxygens (including phenoxy) is 1. The predicted octanol–water partition coefficient (Wildman–Crippen LogP) is 0.283. The molecule has 3 heteroatoms. The maximum absolute atomic E-state index is 10.5. The Hall–Kier alpha value is -0.830. The molecule has 3 nitrogen and oxygen atoms in total. The van der Waals surface area contributed by atoms with Gasteiger partial charge in [0.15, 0.2) is 0 Å². The van der Waals surface area contributed by atoms with Gasteiger partial charge in [0.05, 0.1) is 0 Å². The topological polar surface area (TPSA) is 38.3 Å². The van der Waals surface area contributed by atoms with Crippen LogP contribution in [0.4, 0.5) is 0 Å². The summed E-state index contributed by atoms with van der Waals surface area (Å²) in [5.74, 6) is -0.313. The molecule has 0 saturated heterocycles. The van der Waals surface area contributed by atoms with E-state index in [-0.39, 0.29) is 12.7 Å². The number of nitrogens with one attached hydrogen (secondary N) is 1. The molecule has 0 amide bonds. The van der Waals surface area contributed by atoms with Gasteiger partial charge in [-0.1, -0.05) is 6.08 Å². The molecular weight excluding hydrogens is 118 g/mol. The molecule has 1 N–H and O–H groups in total. The van der Waals surface area contributed by atoms with Gasteiger partial charge in [0, 0.05) is 6.08 Å². The molecule has 0 bridgehead atoms. The monoisotopic (exact) mass is 129 g/mol. The highest BCUT2D eigenvalue weighted by molar-refractivity contribution is 5.81. The second-order valence-electron chi connectivity index (χ2n) is 1.46. The van der Waals surface area contributed by atoms with E-state index in [9.17, 15) is 4.79 Å². The van der Waals surface area contributed by atoms with Gasteiger partial charge in [-0.05, 0) is 14.0 Å². The van der Waals surface area contributed by atoms with Crippen molar-refractivity contribution in [3.63, 3.8) is 0 Å². The Balaban J connectivity index is 3.27. The fourth-order valence-corrected chi connectivity index (χ4v) is 0.327. The highest BCUT2D eigenvalue weighted by atomic mass is 16.5. The highest BCUT2D eigenvalue weighted by Crippen LogP contribution is 1.77. The minimum atomic E-state index is -0.313. The van der Waals surface area contributed by atoms with Crippen LogP contribution in [0.5, 0.6) is 0 Å². The molecule has 0 aliphatic rings. The van der Waals surface area contributed by atoms with Crippen molar-refractivity contribution in [3.05, 3.63) is 12.2 Å². The van der Waals surface area contributed by atoms with E-state index in [0.29, 0.717) is 0 Å².